The first-order valence-corrected chi connectivity index (χ1v) is 15.0. The van der Waals surface area contributed by atoms with E-state index >= 15 is 0 Å². The number of halogens is 1. The molecule has 0 saturated heterocycles. The fourth-order valence-corrected chi connectivity index (χ4v) is 6.35. The monoisotopic (exact) mass is 675 g/mol. The van der Waals surface area contributed by atoms with Crippen LogP contribution in [0.2, 0.25) is 0 Å². The molecule has 1 radical (unpaired) electrons. The first-order valence-electron chi connectivity index (χ1n) is 14.2. The molecule has 5 heterocycles. The van der Waals surface area contributed by atoms with Gasteiger partial charge in [-0.25, -0.2) is 9.97 Å². The van der Waals surface area contributed by atoms with Gasteiger partial charge in [0.25, 0.3) is 0 Å². The Labute approximate surface area is 273 Å². The minimum Gasteiger partial charge on any atom is -0.354 e. The molecule has 4 nitrogen and oxygen atoms in total. The predicted octanol–water partition coefficient (Wildman–Crippen LogP) is 10.4. The average Bonchev–Trinajstić information content (AvgIpc) is 3.88. The number of aromatic amines is 2. The molecule has 2 aliphatic heterocycles. The molecule has 3 aromatic carbocycles. The zero-order valence-corrected chi connectivity index (χ0v) is 26.0. The predicted molar refractivity (Wildman–Crippen MR) is 183 cm³/mol. The molecule has 44 heavy (non-hydrogen) atoms. The minimum atomic E-state index is 0. The van der Waals surface area contributed by atoms with Gasteiger partial charge in [-0.1, -0.05) is 91.0 Å². The molecule has 8 rings (SSSR count). The summed E-state index contributed by atoms with van der Waals surface area (Å²) in [7, 11) is 0. The van der Waals surface area contributed by atoms with Gasteiger partial charge in [0.15, 0.2) is 0 Å². The normalized spacial score (nSPS) is 11.8. The van der Waals surface area contributed by atoms with Crippen LogP contribution < -0.4 is 0 Å². The Morgan fingerprint density at radius 1 is 0.386 bits per heavy atom. The van der Waals surface area contributed by atoms with Crippen LogP contribution in [0, 0.1) is 0 Å². The number of rotatable bonds is 3. The van der Waals surface area contributed by atoms with Gasteiger partial charge in [-0.2, -0.15) is 0 Å². The van der Waals surface area contributed by atoms with Gasteiger partial charge >= 0.3 is 0 Å². The third-order valence-electron chi connectivity index (χ3n) is 7.88. The minimum absolute atomic E-state index is 0. The van der Waals surface area contributed by atoms with Crippen molar-refractivity contribution in [3.05, 3.63) is 143 Å². The molecule has 0 aliphatic carbocycles. The van der Waals surface area contributed by atoms with Crippen LogP contribution in [0.15, 0.2) is 120 Å². The van der Waals surface area contributed by atoms with E-state index in [0.29, 0.717) is 0 Å². The standard InChI is InChI=1S/C38H25BrN4.Co/c39-38-33-22-20-31(42-33)36(25-12-6-2-7-13-25)29-18-16-27(40-29)35(24-10-4-1-5-11-24)28-17-19-30(41-28)37(26-14-8-3-9-15-26)32-21-23-34(38)43-32;/h1-23,40,43H;. The summed E-state index contributed by atoms with van der Waals surface area (Å²) < 4.78 is 0.903. The maximum Gasteiger partial charge on any atom is 0.0801 e. The molecule has 3 aromatic heterocycles. The fraction of sp³-hybridized carbons (Fsp3) is 0. The van der Waals surface area contributed by atoms with Crippen LogP contribution >= 0.6 is 15.9 Å². The summed E-state index contributed by atoms with van der Waals surface area (Å²) in [6.07, 6.45) is 8.40. The quantitative estimate of drug-likeness (QED) is 0.196. The van der Waals surface area contributed by atoms with E-state index in [4.69, 9.17) is 9.97 Å². The van der Waals surface area contributed by atoms with Crippen LogP contribution in [0.4, 0.5) is 0 Å². The topological polar surface area (TPSA) is 57.4 Å². The van der Waals surface area contributed by atoms with Crippen LogP contribution in [-0.2, 0) is 16.8 Å². The first-order chi connectivity index (χ1) is 21.2. The number of aromatic nitrogens is 4. The van der Waals surface area contributed by atoms with Crippen LogP contribution in [0.25, 0.3) is 79.8 Å². The molecule has 6 heteroatoms. The molecule has 2 aliphatic rings. The summed E-state index contributed by atoms with van der Waals surface area (Å²) in [6.45, 7) is 0. The van der Waals surface area contributed by atoms with E-state index in [-0.39, 0.29) is 16.8 Å². The third-order valence-corrected chi connectivity index (χ3v) is 8.71. The molecular formula is C38H25BrCoN4. The van der Waals surface area contributed by atoms with Gasteiger partial charge in [0, 0.05) is 50.0 Å². The number of fused-ring (bicyclic) bond motifs is 8. The second-order valence-corrected chi connectivity index (χ2v) is 11.3. The average molecular weight is 676 g/mol. The third kappa shape index (κ3) is 4.97. The van der Waals surface area contributed by atoms with Crippen molar-refractivity contribution in [2.45, 2.75) is 0 Å². The molecule has 0 atom stereocenters. The van der Waals surface area contributed by atoms with Crippen molar-refractivity contribution in [1.29, 1.82) is 0 Å². The number of benzene rings is 3. The van der Waals surface area contributed by atoms with Gasteiger partial charge in [-0.3, -0.25) is 0 Å². The van der Waals surface area contributed by atoms with Gasteiger partial charge in [0.1, 0.15) is 0 Å². The largest absolute Gasteiger partial charge is 0.354 e. The number of nitrogens with one attached hydrogen (secondary N) is 2. The van der Waals surface area contributed by atoms with Crippen molar-refractivity contribution in [3.8, 4) is 33.4 Å². The van der Waals surface area contributed by atoms with Gasteiger partial charge in [-0.15, -0.1) is 0 Å². The molecule has 0 fully saturated rings. The first kappa shape index (κ1) is 28.0. The van der Waals surface area contributed by atoms with Crippen molar-refractivity contribution in [2.75, 3.05) is 0 Å². The van der Waals surface area contributed by atoms with Gasteiger partial charge in [-0.05, 0) is 81.2 Å². The zero-order valence-electron chi connectivity index (χ0n) is 23.4. The zero-order chi connectivity index (χ0) is 28.8. The van der Waals surface area contributed by atoms with Crippen molar-refractivity contribution in [2.24, 2.45) is 0 Å². The van der Waals surface area contributed by atoms with E-state index in [9.17, 15) is 0 Å². The van der Waals surface area contributed by atoms with E-state index in [0.717, 1.165) is 82.7 Å². The molecule has 213 valence electrons. The second-order valence-electron chi connectivity index (χ2n) is 10.5. The van der Waals surface area contributed by atoms with Crippen molar-refractivity contribution < 1.29 is 16.8 Å². The summed E-state index contributed by atoms with van der Waals surface area (Å²) in [5.74, 6) is 0. The van der Waals surface area contributed by atoms with E-state index in [1.54, 1.807) is 0 Å². The van der Waals surface area contributed by atoms with E-state index in [2.05, 4.69) is 147 Å². The van der Waals surface area contributed by atoms with Gasteiger partial charge < -0.3 is 9.97 Å². The summed E-state index contributed by atoms with van der Waals surface area (Å²) in [5, 5.41) is 0. The summed E-state index contributed by atoms with van der Waals surface area (Å²) in [5.41, 5.74) is 13.9. The molecule has 0 unspecified atom stereocenters. The van der Waals surface area contributed by atoms with Crippen LogP contribution in [-0.4, -0.2) is 19.9 Å². The van der Waals surface area contributed by atoms with Crippen LogP contribution in [0.5, 0.6) is 0 Å². The SMILES string of the molecule is Brc1c2nc(c(-c3ccccc3)c3ccc([nH]3)c(-c3ccccc3)c3nc(c(-c4ccccc4)c4ccc1[nH]4)C=C3)C=C2.[Co]. The Hall–Kier alpha value is -4.75. The Morgan fingerprint density at radius 3 is 1.11 bits per heavy atom. The molecule has 0 spiro atoms. The molecule has 6 aromatic rings. The Bertz CT molecular complexity index is 2190. The van der Waals surface area contributed by atoms with Gasteiger partial charge in [0.05, 0.1) is 32.8 Å². The Kier molecular flexibility index (Phi) is 7.48. The number of hydrogen-bond acceptors (Lipinski definition) is 2. The van der Waals surface area contributed by atoms with Crippen molar-refractivity contribution >= 4 is 62.3 Å². The molecule has 8 bridgehead atoms. The fourth-order valence-electron chi connectivity index (χ4n) is 5.90. The van der Waals surface area contributed by atoms with E-state index < -0.39 is 0 Å². The molecule has 0 amide bonds. The Morgan fingerprint density at radius 2 is 0.705 bits per heavy atom. The van der Waals surface area contributed by atoms with Crippen molar-refractivity contribution in [3.63, 3.8) is 0 Å². The van der Waals surface area contributed by atoms with Crippen molar-refractivity contribution in [1.82, 2.24) is 19.9 Å². The summed E-state index contributed by atoms with van der Waals surface area (Å²) >= 11 is 3.86. The molecule has 2 N–H and O–H groups in total. The van der Waals surface area contributed by atoms with Crippen LogP contribution in [0.1, 0.15) is 22.8 Å². The Balaban J connectivity index is 0.00000312. The van der Waals surface area contributed by atoms with E-state index in [1.165, 1.54) is 0 Å². The number of nitrogens with zero attached hydrogens (tertiary/aromatic N) is 2. The van der Waals surface area contributed by atoms with Gasteiger partial charge in [0.2, 0.25) is 0 Å². The molecular weight excluding hydrogens is 651 g/mol. The number of H-pyrrole nitrogens is 2. The second kappa shape index (κ2) is 11.7. The van der Waals surface area contributed by atoms with E-state index in [1.807, 2.05) is 18.2 Å². The summed E-state index contributed by atoms with van der Waals surface area (Å²) in [4.78, 5) is 17.8. The smallest absolute Gasteiger partial charge is 0.0801 e. The number of hydrogen-bond donors (Lipinski definition) is 2. The maximum atomic E-state index is 5.28. The summed E-state index contributed by atoms with van der Waals surface area (Å²) in [6, 6.07) is 39.8. The maximum absolute atomic E-state index is 5.28. The van der Waals surface area contributed by atoms with Crippen LogP contribution in [0.3, 0.4) is 0 Å². The molecule has 0 saturated carbocycles.